The van der Waals surface area contributed by atoms with Crippen molar-refractivity contribution in [2.75, 3.05) is 0 Å². The monoisotopic (exact) mass is 210 g/mol. The molecule has 1 nitrogen and oxygen atoms in total. The molecule has 0 N–H and O–H groups in total. The van der Waals surface area contributed by atoms with Gasteiger partial charge in [0, 0.05) is 0 Å². The van der Waals surface area contributed by atoms with E-state index in [1.54, 1.807) is 0 Å². The Kier molecular flexibility index (Phi) is 2.97. The number of benzene rings is 1. The second-order valence-electron chi connectivity index (χ2n) is 3.86. The van der Waals surface area contributed by atoms with Crippen LogP contribution in [-0.4, -0.2) is 6.10 Å². The molecule has 76 valence electrons. The molecule has 0 bridgehead atoms. The first kappa shape index (κ1) is 9.85. The summed E-state index contributed by atoms with van der Waals surface area (Å²) in [6, 6.07) is 8.08. The van der Waals surface area contributed by atoms with Gasteiger partial charge in [0.1, 0.15) is 5.75 Å². The lowest BCUT2D eigenvalue weighted by Crippen LogP contribution is -2.24. The molecule has 0 radical (unpaired) electrons. The second-order valence-corrected chi connectivity index (χ2v) is 4.51. The van der Waals surface area contributed by atoms with Crippen LogP contribution in [0, 0.1) is 0 Å². The summed E-state index contributed by atoms with van der Waals surface area (Å²) in [5, 5.41) is 0.0766. The zero-order chi connectivity index (χ0) is 9.97. The highest BCUT2D eigenvalue weighted by Crippen LogP contribution is 2.27. The van der Waals surface area contributed by atoms with Crippen molar-refractivity contribution < 1.29 is 4.74 Å². The van der Waals surface area contributed by atoms with Crippen LogP contribution in [0.15, 0.2) is 24.3 Å². The van der Waals surface area contributed by atoms with Crippen LogP contribution in [0.3, 0.4) is 0 Å². The summed E-state index contributed by atoms with van der Waals surface area (Å²) < 4.78 is 5.74. The molecule has 0 saturated heterocycles. The Balaban J connectivity index is 1.98. The van der Waals surface area contributed by atoms with Crippen molar-refractivity contribution in [1.82, 2.24) is 0 Å². The van der Waals surface area contributed by atoms with Crippen LogP contribution in [0.4, 0.5) is 0 Å². The van der Waals surface area contributed by atoms with Gasteiger partial charge in [-0.1, -0.05) is 12.1 Å². The normalized spacial score (nSPS) is 18.7. The molecule has 1 aliphatic rings. The molecule has 0 spiro atoms. The molecule has 2 rings (SSSR count). The third kappa shape index (κ3) is 2.21. The van der Waals surface area contributed by atoms with E-state index in [1.807, 2.05) is 31.2 Å². The van der Waals surface area contributed by atoms with Crippen molar-refractivity contribution in [2.45, 2.75) is 37.7 Å². The molecular weight excluding hydrogens is 196 g/mol. The quantitative estimate of drug-likeness (QED) is 0.688. The highest BCUT2D eigenvalue weighted by Gasteiger charge is 2.18. The van der Waals surface area contributed by atoms with E-state index in [0.29, 0.717) is 6.10 Å². The highest BCUT2D eigenvalue weighted by molar-refractivity contribution is 6.20. The van der Waals surface area contributed by atoms with Gasteiger partial charge in [-0.15, -0.1) is 11.6 Å². The number of alkyl halides is 1. The lowest BCUT2D eigenvalue weighted by Gasteiger charge is -2.26. The smallest absolute Gasteiger partial charge is 0.119 e. The summed E-state index contributed by atoms with van der Waals surface area (Å²) in [6.45, 7) is 1.98. The molecule has 14 heavy (non-hydrogen) atoms. The Hall–Kier alpha value is -0.690. The molecule has 1 atom stereocenters. The Morgan fingerprint density at radius 3 is 2.36 bits per heavy atom. The maximum atomic E-state index is 5.96. The minimum absolute atomic E-state index is 0.0766. The zero-order valence-electron chi connectivity index (χ0n) is 8.37. The van der Waals surface area contributed by atoms with Crippen molar-refractivity contribution in [3.8, 4) is 5.75 Å². The summed E-state index contributed by atoms with van der Waals surface area (Å²) in [7, 11) is 0. The summed E-state index contributed by atoms with van der Waals surface area (Å²) in [5.74, 6) is 0.968. The highest BCUT2D eigenvalue weighted by atomic mass is 35.5. The van der Waals surface area contributed by atoms with E-state index in [9.17, 15) is 0 Å². The van der Waals surface area contributed by atoms with Gasteiger partial charge in [-0.3, -0.25) is 0 Å². The molecule has 0 aliphatic heterocycles. The molecule has 1 aliphatic carbocycles. The van der Waals surface area contributed by atoms with E-state index in [2.05, 4.69) is 0 Å². The van der Waals surface area contributed by atoms with Gasteiger partial charge in [0.25, 0.3) is 0 Å². The Morgan fingerprint density at radius 1 is 1.29 bits per heavy atom. The van der Waals surface area contributed by atoms with Gasteiger partial charge in [0.05, 0.1) is 11.5 Å². The van der Waals surface area contributed by atoms with Gasteiger partial charge in [-0.25, -0.2) is 0 Å². The molecule has 0 amide bonds. The Bertz CT molecular complexity index is 288. The molecule has 1 aromatic carbocycles. The number of rotatable bonds is 3. The van der Waals surface area contributed by atoms with Gasteiger partial charge < -0.3 is 4.74 Å². The fourth-order valence-corrected chi connectivity index (χ4v) is 1.64. The third-order valence-electron chi connectivity index (χ3n) is 2.69. The topological polar surface area (TPSA) is 9.23 Å². The predicted octanol–water partition coefficient (Wildman–Crippen LogP) is 3.92. The average molecular weight is 211 g/mol. The minimum Gasteiger partial charge on any atom is -0.490 e. The maximum absolute atomic E-state index is 5.96. The van der Waals surface area contributed by atoms with E-state index in [4.69, 9.17) is 16.3 Å². The first-order valence-corrected chi connectivity index (χ1v) is 5.60. The minimum atomic E-state index is 0.0766. The molecule has 1 fully saturated rings. The Labute approximate surface area is 90.0 Å². The SMILES string of the molecule is CC(Cl)c1ccc(OC2CCC2)cc1. The first-order valence-electron chi connectivity index (χ1n) is 5.16. The van der Waals surface area contributed by atoms with Crippen molar-refractivity contribution in [2.24, 2.45) is 0 Å². The molecule has 1 unspecified atom stereocenters. The number of hydrogen-bond donors (Lipinski definition) is 0. The third-order valence-corrected chi connectivity index (χ3v) is 2.95. The van der Waals surface area contributed by atoms with Crippen molar-refractivity contribution in [3.05, 3.63) is 29.8 Å². The van der Waals surface area contributed by atoms with E-state index < -0.39 is 0 Å². The summed E-state index contributed by atoms with van der Waals surface area (Å²) in [4.78, 5) is 0. The number of halogens is 1. The number of hydrogen-bond acceptors (Lipinski definition) is 1. The molecule has 1 aromatic rings. The van der Waals surface area contributed by atoms with Crippen molar-refractivity contribution >= 4 is 11.6 Å². The van der Waals surface area contributed by atoms with Crippen LogP contribution in [-0.2, 0) is 0 Å². The van der Waals surface area contributed by atoms with Gasteiger partial charge in [-0.2, -0.15) is 0 Å². The van der Waals surface area contributed by atoms with Crippen LogP contribution in [0.1, 0.15) is 37.1 Å². The van der Waals surface area contributed by atoms with Crippen LogP contribution < -0.4 is 4.74 Å². The molecule has 2 heteroatoms. The number of ether oxygens (including phenoxy) is 1. The van der Waals surface area contributed by atoms with Gasteiger partial charge in [-0.05, 0) is 43.9 Å². The van der Waals surface area contributed by atoms with Gasteiger partial charge in [0.15, 0.2) is 0 Å². The van der Waals surface area contributed by atoms with Gasteiger partial charge in [0.2, 0.25) is 0 Å². The first-order chi connectivity index (χ1) is 6.75. The van der Waals surface area contributed by atoms with Crippen LogP contribution >= 0.6 is 11.6 Å². The lowest BCUT2D eigenvalue weighted by atomic mass is 9.96. The summed E-state index contributed by atoms with van der Waals surface area (Å²) in [6.07, 6.45) is 4.16. The molecular formula is C12H15ClO. The van der Waals surface area contributed by atoms with E-state index in [-0.39, 0.29) is 5.38 Å². The standard InChI is InChI=1S/C12H15ClO/c1-9(13)10-5-7-12(8-6-10)14-11-3-2-4-11/h5-9,11H,2-4H2,1H3. The van der Waals surface area contributed by atoms with E-state index in [1.165, 1.54) is 19.3 Å². The summed E-state index contributed by atoms with van der Waals surface area (Å²) >= 11 is 5.96. The Morgan fingerprint density at radius 2 is 1.93 bits per heavy atom. The van der Waals surface area contributed by atoms with E-state index >= 15 is 0 Å². The van der Waals surface area contributed by atoms with Gasteiger partial charge >= 0.3 is 0 Å². The lowest BCUT2D eigenvalue weighted by molar-refractivity contribution is 0.120. The van der Waals surface area contributed by atoms with Crippen LogP contribution in [0.2, 0.25) is 0 Å². The molecule has 0 heterocycles. The fraction of sp³-hybridized carbons (Fsp3) is 0.500. The summed E-state index contributed by atoms with van der Waals surface area (Å²) in [5.41, 5.74) is 1.15. The average Bonchev–Trinajstić information content (AvgIpc) is 2.12. The zero-order valence-corrected chi connectivity index (χ0v) is 9.13. The van der Waals surface area contributed by atoms with Crippen LogP contribution in [0.5, 0.6) is 5.75 Å². The van der Waals surface area contributed by atoms with Crippen molar-refractivity contribution in [1.29, 1.82) is 0 Å². The van der Waals surface area contributed by atoms with E-state index in [0.717, 1.165) is 11.3 Å². The maximum Gasteiger partial charge on any atom is 0.119 e. The van der Waals surface area contributed by atoms with Crippen LogP contribution in [0.25, 0.3) is 0 Å². The largest absolute Gasteiger partial charge is 0.490 e. The predicted molar refractivity (Wildman–Crippen MR) is 59.0 cm³/mol. The fourth-order valence-electron chi connectivity index (χ4n) is 1.49. The van der Waals surface area contributed by atoms with Crippen molar-refractivity contribution in [3.63, 3.8) is 0 Å². The molecule has 1 saturated carbocycles. The second kappa shape index (κ2) is 4.22. The molecule has 0 aromatic heterocycles.